The van der Waals surface area contributed by atoms with E-state index in [-0.39, 0.29) is 11.9 Å². The summed E-state index contributed by atoms with van der Waals surface area (Å²) in [6.45, 7) is 1.77. The van der Waals surface area contributed by atoms with Gasteiger partial charge in [0.1, 0.15) is 0 Å². The van der Waals surface area contributed by atoms with Crippen LogP contribution >= 0.6 is 0 Å². The van der Waals surface area contributed by atoms with E-state index in [2.05, 4.69) is 25.9 Å². The van der Waals surface area contributed by atoms with Gasteiger partial charge in [-0.3, -0.25) is 4.79 Å². The van der Waals surface area contributed by atoms with Gasteiger partial charge in [0, 0.05) is 5.56 Å². The van der Waals surface area contributed by atoms with Gasteiger partial charge in [0.2, 0.25) is 0 Å². The van der Waals surface area contributed by atoms with Crippen molar-refractivity contribution in [3.63, 3.8) is 0 Å². The van der Waals surface area contributed by atoms with Crippen molar-refractivity contribution in [3.05, 3.63) is 29.6 Å². The number of aromatic nitrogens is 4. The molecule has 20 heavy (non-hydrogen) atoms. The third-order valence-corrected chi connectivity index (χ3v) is 2.74. The molecule has 2 rings (SSSR count). The van der Waals surface area contributed by atoms with Crippen LogP contribution in [0.15, 0.2) is 18.2 Å². The molecule has 0 bridgehead atoms. The van der Waals surface area contributed by atoms with Crippen molar-refractivity contribution in [2.24, 2.45) is 0 Å². The molecule has 1 atom stereocenters. The van der Waals surface area contributed by atoms with Crippen LogP contribution in [0, 0.1) is 0 Å². The fourth-order valence-corrected chi connectivity index (χ4v) is 1.67. The topological polar surface area (TPSA) is 102 Å². The van der Waals surface area contributed by atoms with Crippen molar-refractivity contribution in [2.75, 3.05) is 14.2 Å². The van der Waals surface area contributed by atoms with Crippen LogP contribution in [-0.4, -0.2) is 40.8 Å². The monoisotopic (exact) mass is 277 g/mol. The Morgan fingerprint density at radius 3 is 2.65 bits per heavy atom. The van der Waals surface area contributed by atoms with E-state index in [4.69, 9.17) is 9.47 Å². The Morgan fingerprint density at radius 1 is 1.30 bits per heavy atom. The summed E-state index contributed by atoms with van der Waals surface area (Å²) >= 11 is 0. The molecule has 1 aromatic heterocycles. The summed E-state index contributed by atoms with van der Waals surface area (Å²) in [5, 5.41) is 16.2. The van der Waals surface area contributed by atoms with Crippen molar-refractivity contribution in [1.82, 2.24) is 25.9 Å². The molecule has 8 nitrogen and oxygen atoms in total. The standard InChI is InChI=1S/C12H15N5O3/c1-7(11-14-16-17-15-11)13-12(18)8-4-5-9(19-2)10(6-8)20-3/h4-7H,1-3H3,(H,13,18)(H,14,15,16,17). The zero-order chi connectivity index (χ0) is 14.5. The fourth-order valence-electron chi connectivity index (χ4n) is 1.67. The number of rotatable bonds is 5. The number of carbonyl (C=O) groups is 1. The van der Waals surface area contributed by atoms with Crippen LogP contribution in [0.1, 0.15) is 29.1 Å². The van der Waals surface area contributed by atoms with Gasteiger partial charge in [-0.15, -0.1) is 10.2 Å². The Kier molecular flexibility index (Phi) is 4.14. The molecule has 1 unspecified atom stereocenters. The number of ether oxygens (including phenoxy) is 2. The van der Waals surface area contributed by atoms with Crippen LogP contribution in [-0.2, 0) is 0 Å². The van der Waals surface area contributed by atoms with Gasteiger partial charge in [0.25, 0.3) is 5.91 Å². The molecule has 1 amide bonds. The van der Waals surface area contributed by atoms with Gasteiger partial charge < -0.3 is 14.8 Å². The van der Waals surface area contributed by atoms with Crippen LogP contribution in [0.5, 0.6) is 11.5 Å². The van der Waals surface area contributed by atoms with Gasteiger partial charge in [0.15, 0.2) is 17.3 Å². The molecule has 0 fully saturated rings. The highest BCUT2D eigenvalue weighted by atomic mass is 16.5. The number of hydrogen-bond acceptors (Lipinski definition) is 6. The number of nitrogens with zero attached hydrogens (tertiary/aromatic N) is 3. The van der Waals surface area contributed by atoms with Crippen molar-refractivity contribution in [2.45, 2.75) is 13.0 Å². The minimum atomic E-state index is -0.352. The minimum absolute atomic E-state index is 0.261. The highest BCUT2D eigenvalue weighted by molar-refractivity contribution is 5.95. The van der Waals surface area contributed by atoms with E-state index in [1.54, 1.807) is 25.1 Å². The number of aromatic amines is 1. The fraction of sp³-hybridized carbons (Fsp3) is 0.333. The quantitative estimate of drug-likeness (QED) is 0.834. The zero-order valence-corrected chi connectivity index (χ0v) is 11.4. The van der Waals surface area contributed by atoms with E-state index in [1.165, 1.54) is 14.2 Å². The SMILES string of the molecule is COc1ccc(C(=O)NC(C)c2nn[nH]n2)cc1OC. The summed E-state index contributed by atoms with van der Waals surface area (Å²) in [6.07, 6.45) is 0. The van der Waals surface area contributed by atoms with Gasteiger partial charge in [-0.25, -0.2) is 0 Å². The van der Waals surface area contributed by atoms with Crippen molar-refractivity contribution in [3.8, 4) is 11.5 Å². The normalized spacial score (nSPS) is 11.8. The smallest absolute Gasteiger partial charge is 0.252 e. The molecule has 0 spiro atoms. The lowest BCUT2D eigenvalue weighted by Gasteiger charge is -2.12. The average Bonchev–Trinajstić information content (AvgIpc) is 3.00. The third kappa shape index (κ3) is 2.85. The molecule has 8 heteroatoms. The maximum atomic E-state index is 12.1. The van der Waals surface area contributed by atoms with Crippen LogP contribution < -0.4 is 14.8 Å². The van der Waals surface area contributed by atoms with E-state index in [9.17, 15) is 4.79 Å². The Morgan fingerprint density at radius 2 is 2.05 bits per heavy atom. The third-order valence-electron chi connectivity index (χ3n) is 2.74. The van der Waals surface area contributed by atoms with Crippen LogP contribution in [0.4, 0.5) is 0 Å². The molecule has 0 aliphatic carbocycles. The maximum Gasteiger partial charge on any atom is 0.252 e. The van der Waals surface area contributed by atoms with Crippen LogP contribution in [0.25, 0.3) is 0 Å². The molecule has 1 aromatic carbocycles. The second-order valence-electron chi connectivity index (χ2n) is 4.03. The second kappa shape index (κ2) is 6.00. The van der Waals surface area contributed by atoms with Gasteiger partial charge in [-0.05, 0) is 25.1 Å². The lowest BCUT2D eigenvalue weighted by molar-refractivity contribution is 0.0938. The summed E-state index contributed by atoms with van der Waals surface area (Å²) in [4.78, 5) is 12.1. The number of methoxy groups -OCH3 is 2. The molecule has 2 aromatic rings. The Bertz CT molecular complexity index is 585. The first-order valence-corrected chi connectivity index (χ1v) is 5.92. The molecule has 0 radical (unpaired) electrons. The zero-order valence-electron chi connectivity index (χ0n) is 11.4. The minimum Gasteiger partial charge on any atom is -0.493 e. The highest BCUT2D eigenvalue weighted by Crippen LogP contribution is 2.27. The lowest BCUT2D eigenvalue weighted by atomic mass is 10.1. The summed E-state index contributed by atoms with van der Waals surface area (Å²) in [6, 6.07) is 4.58. The average molecular weight is 277 g/mol. The number of tetrazole rings is 1. The number of amides is 1. The maximum absolute atomic E-state index is 12.1. The largest absolute Gasteiger partial charge is 0.493 e. The van der Waals surface area contributed by atoms with E-state index >= 15 is 0 Å². The molecule has 2 N–H and O–H groups in total. The number of H-pyrrole nitrogens is 1. The Balaban J connectivity index is 2.13. The van der Waals surface area contributed by atoms with Gasteiger partial charge in [0.05, 0.1) is 20.3 Å². The Hall–Kier alpha value is -2.64. The first-order chi connectivity index (χ1) is 9.65. The predicted molar refractivity (Wildman–Crippen MR) is 69.6 cm³/mol. The molecule has 0 aliphatic rings. The highest BCUT2D eigenvalue weighted by Gasteiger charge is 2.16. The molecule has 0 saturated heterocycles. The van der Waals surface area contributed by atoms with Crippen LogP contribution in [0.2, 0.25) is 0 Å². The summed E-state index contributed by atoms with van der Waals surface area (Å²) in [7, 11) is 3.05. The van der Waals surface area contributed by atoms with E-state index in [0.29, 0.717) is 22.9 Å². The van der Waals surface area contributed by atoms with Crippen molar-refractivity contribution in [1.29, 1.82) is 0 Å². The number of carbonyl (C=O) groups excluding carboxylic acids is 1. The molecule has 0 aliphatic heterocycles. The molecular formula is C12H15N5O3. The Labute approximate surface area is 115 Å². The number of nitrogens with one attached hydrogen (secondary N) is 2. The molecule has 1 heterocycles. The van der Waals surface area contributed by atoms with Crippen molar-refractivity contribution < 1.29 is 14.3 Å². The van der Waals surface area contributed by atoms with Gasteiger partial charge in [-0.2, -0.15) is 5.21 Å². The molecular weight excluding hydrogens is 262 g/mol. The number of hydrogen-bond donors (Lipinski definition) is 2. The van der Waals surface area contributed by atoms with Crippen LogP contribution in [0.3, 0.4) is 0 Å². The van der Waals surface area contributed by atoms with Gasteiger partial charge >= 0.3 is 0 Å². The lowest BCUT2D eigenvalue weighted by Crippen LogP contribution is -2.27. The molecule has 106 valence electrons. The van der Waals surface area contributed by atoms with E-state index < -0.39 is 0 Å². The number of benzene rings is 1. The van der Waals surface area contributed by atoms with E-state index in [1.807, 2.05) is 0 Å². The first-order valence-electron chi connectivity index (χ1n) is 5.92. The first kappa shape index (κ1) is 13.8. The predicted octanol–water partition coefficient (Wildman–Crippen LogP) is 0.708. The second-order valence-corrected chi connectivity index (χ2v) is 4.03. The molecule has 0 saturated carbocycles. The summed E-state index contributed by atoms with van der Waals surface area (Å²) < 4.78 is 10.3. The van der Waals surface area contributed by atoms with E-state index in [0.717, 1.165) is 0 Å². The van der Waals surface area contributed by atoms with Crippen molar-refractivity contribution >= 4 is 5.91 Å². The summed E-state index contributed by atoms with van der Waals surface area (Å²) in [5.74, 6) is 1.21. The van der Waals surface area contributed by atoms with Gasteiger partial charge in [-0.1, -0.05) is 5.21 Å². The summed E-state index contributed by atoms with van der Waals surface area (Å²) in [5.41, 5.74) is 0.456.